The summed E-state index contributed by atoms with van der Waals surface area (Å²) in [6.07, 6.45) is 2.26. The van der Waals surface area contributed by atoms with Crippen molar-refractivity contribution < 1.29 is 5.11 Å². The van der Waals surface area contributed by atoms with E-state index in [1.807, 2.05) is 0 Å². The van der Waals surface area contributed by atoms with Gasteiger partial charge in [0.1, 0.15) is 11.6 Å². The highest BCUT2D eigenvalue weighted by Crippen LogP contribution is 2.38. The molecule has 1 saturated heterocycles. The fraction of sp³-hybridized carbons (Fsp3) is 0.882. The van der Waals surface area contributed by atoms with Crippen LogP contribution in [0, 0.1) is 5.41 Å². The first-order valence-electron chi connectivity index (χ1n) is 8.85. The smallest absolute Gasteiger partial charge is 0.146 e. The maximum absolute atomic E-state index is 10.3. The Morgan fingerprint density at radius 3 is 2.26 bits per heavy atom. The molecule has 3 rings (SSSR count). The van der Waals surface area contributed by atoms with Gasteiger partial charge < -0.3 is 9.67 Å². The first-order chi connectivity index (χ1) is 10.8. The summed E-state index contributed by atoms with van der Waals surface area (Å²) >= 11 is 0. The topological polar surface area (TPSA) is 57.4 Å². The highest BCUT2D eigenvalue weighted by atomic mass is 16.3. The largest absolute Gasteiger partial charge is 0.391 e. The molecular weight excluding hydrogens is 290 g/mol. The molecule has 1 N–H and O–H groups in total. The minimum atomic E-state index is -0.270. The van der Waals surface area contributed by atoms with Crippen molar-refractivity contribution >= 4 is 0 Å². The molecule has 1 saturated carbocycles. The highest BCUT2D eigenvalue weighted by Gasteiger charge is 2.30. The van der Waals surface area contributed by atoms with Gasteiger partial charge in [-0.3, -0.25) is 9.80 Å². The fourth-order valence-corrected chi connectivity index (χ4v) is 3.06. The van der Waals surface area contributed by atoms with Gasteiger partial charge in [-0.2, -0.15) is 0 Å². The third kappa shape index (κ3) is 4.11. The quantitative estimate of drug-likeness (QED) is 0.884. The number of piperazine rings is 1. The lowest BCUT2D eigenvalue weighted by Gasteiger charge is -2.37. The van der Waals surface area contributed by atoms with Crippen LogP contribution in [0.15, 0.2) is 0 Å². The molecule has 1 aliphatic carbocycles. The Bertz CT molecular complexity index is 524. The van der Waals surface area contributed by atoms with Crippen LogP contribution >= 0.6 is 0 Å². The Kier molecular flexibility index (Phi) is 4.76. The van der Waals surface area contributed by atoms with Crippen LogP contribution in [0.1, 0.15) is 51.2 Å². The summed E-state index contributed by atoms with van der Waals surface area (Å²) in [5.74, 6) is 2.89. The average molecular weight is 321 g/mol. The zero-order chi connectivity index (χ0) is 16.6. The summed E-state index contributed by atoms with van der Waals surface area (Å²) < 4.78 is 2.19. The zero-order valence-corrected chi connectivity index (χ0v) is 15.0. The lowest BCUT2D eigenvalue weighted by molar-refractivity contribution is 0.0122. The van der Waals surface area contributed by atoms with Crippen molar-refractivity contribution in [2.45, 2.75) is 52.2 Å². The molecule has 1 atom stereocenters. The number of hydrogen-bond donors (Lipinski definition) is 1. The monoisotopic (exact) mass is 321 g/mol. The van der Waals surface area contributed by atoms with Crippen molar-refractivity contribution in [2.75, 3.05) is 32.7 Å². The number of nitrogens with zero attached hydrogens (tertiary/aromatic N) is 5. The van der Waals surface area contributed by atoms with Crippen molar-refractivity contribution in [3.8, 4) is 0 Å². The molecule has 0 amide bonds. The van der Waals surface area contributed by atoms with E-state index in [4.69, 9.17) is 0 Å². The fourth-order valence-electron chi connectivity index (χ4n) is 3.06. The van der Waals surface area contributed by atoms with Crippen molar-refractivity contribution in [3.63, 3.8) is 0 Å². The number of rotatable bonds is 5. The number of aliphatic hydroxyl groups is 1. The van der Waals surface area contributed by atoms with E-state index in [-0.39, 0.29) is 11.5 Å². The van der Waals surface area contributed by atoms with Gasteiger partial charge in [-0.1, -0.05) is 20.8 Å². The second-order valence-corrected chi connectivity index (χ2v) is 8.27. The zero-order valence-electron chi connectivity index (χ0n) is 15.0. The predicted molar refractivity (Wildman–Crippen MR) is 90.2 cm³/mol. The molecule has 0 aromatic carbocycles. The van der Waals surface area contributed by atoms with Gasteiger partial charge in [0.15, 0.2) is 0 Å². The van der Waals surface area contributed by atoms with E-state index in [1.165, 1.54) is 12.8 Å². The lowest BCUT2D eigenvalue weighted by Crippen LogP contribution is -2.50. The number of β-amino-alcohol motifs (C(OH)–C–C–N with tert-alkyl or cyclic N) is 1. The SMILES string of the molecule is Cn1c(CN2CCN(C[C@@H](O)C(C)(C)C)CC2)nnc1C1CC1. The molecule has 0 unspecified atom stereocenters. The minimum Gasteiger partial charge on any atom is -0.391 e. The van der Waals surface area contributed by atoms with Crippen LogP contribution in [-0.4, -0.2) is 68.5 Å². The molecule has 1 aliphatic heterocycles. The molecule has 6 heteroatoms. The van der Waals surface area contributed by atoms with E-state index in [1.54, 1.807) is 0 Å². The van der Waals surface area contributed by atoms with Crippen LogP contribution in [0.5, 0.6) is 0 Å². The number of hydrogen-bond acceptors (Lipinski definition) is 5. The molecule has 6 nitrogen and oxygen atoms in total. The minimum absolute atomic E-state index is 0.0467. The van der Waals surface area contributed by atoms with E-state index >= 15 is 0 Å². The Labute approximate surface area is 139 Å². The molecule has 2 fully saturated rings. The van der Waals surface area contributed by atoms with Crippen LogP contribution < -0.4 is 0 Å². The second kappa shape index (κ2) is 6.49. The molecule has 0 bridgehead atoms. The first-order valence-corrected chi connectivity index (χ1v) is 8.85. The average Bonchev–Trinajstić information content (AvgIpc) is 3.26. The molecule has 130 valence electrons. The van der Waals surface area contributed by atoms with Gasteiger partial charge in [0.2, 0.25) is 0 Å². The molecule has 23 heavy (non-hydrogen) atoms. The van der Waals surface area contributed by atoms with E-state index in [0.29, 0.717) is 5.92 Å². The van der Waals surface area contributed by atoms with Gasteiger partial charge in [0.05, 0.1) is 12.6 Å². The summed E-state index contributed by atoms with van der Waals surface area (Å²) in [4.78, 5) is 4.82. The number of aromatic nitrogens is 3. The van der Waals surface area contributed by atoms with Gasteiger partial charge in [-0.15, -0.1) is 10.2 Å². The molecule has 2 aliphatic rings. The summed E-state index contributed by atoms with van der Waals surface area (Å²) in [5, 5.41) is 19.0. The van der Waals surface area contributed by atoms with Gasteiger partial charge in [-0.25, -0.2) is 0 Å². The third-order valence-electron chi connectivity index (χ3n) is 5.20. The maximum Gasteiger partial charge on any atom is 0.146 e. The molecule has 0 radical (unpaired) electrons. The predicted octanol–water partition coefficient (Wildman–Crippen LogP) is 1.22. The van der Waals surface area contributed by atoms with Gasteiger partial charge in [-0.05, 0) is 18.3 Å². The standard InChI is InChI=1S/C17H31N5O/c1-17(2,3)14(23)11-21-7-9-22(10-8-21)12-15-18-19-16(20(15)4)13-5-6-13/h13-14,23H,5-12H2,1-4H3/t14-/m1/s1. The molecule has 0 spiro atoms. The van der Waals surface area contributed by atoms with Crippen LogP contribution in [0.2, 0.25) is 0 Å². The van der Waals surface area contributed by atoms with Crippen LogP contribution in [0.4, 0.5) is 0 Å². The summed E-state index contributed by atoms with van der Waals surface area (Å²) in [5.41, 5.74) is -0.0467. The van der Waals surface area contributed by atoms with E-state index in [9.17, 15) is 5.11 Å². The van der Waals surface area contributed by atoms with E-state index in [0.717, 1.165) is 50.9 Å². The summed E-state index contributed by atoms with van der Waals surface area (Å²) in [6, 6.07) is 0. The van der Waals surface area contributed by atoms with Gasteiger partial charge >= 0.3 is 0 Å². The van der Waals surface area contributed by atoms with E-state index < -0.39 is 0 Å². The Balaban J connectivity index is 1.48. The van der Waals surface area contributed by atoms with Gasteiger partial charge in [0.25, 0.3) is 0 Å². The van der Waals surface area contributed by atoms with E-state index in [2.05, 4.69) is 52.4 Å². The molecule has 1 aromatic rings. The molecular formula is C17H31N5O. The third-order valence-corrected chi connectivity index (χ3v) is 5.20. The summed E-state index contributed by atoms with van der Waals surface area (Å²) in [7, 11) is 2.10. The van der Waals surface area contributed by atoms with Crippen LogP contribution in [0.25, 0.3) is 0 Å². The van der Waals surface area contributed by atoms with Crippen LogP contribution in [-0.2, 0) is 13.6 Å². The van der Waals surface area contributed by atoms with Crippen LogP contribution in [0.3, 0.4) is 0 Å². The number of aliphatic hydroxyl groups excluding tert-OH is 1. The normalized spacial score (nSPS) is 22.5. The molecule has 1 aromatic heterocycles. The maximum atomic E-state index is 10.3. The molecule has 2 heterocycles. The summed E-state index contributed by atoms with van der Waals surface area (Å²) in [6.45, 7) is 12.0. The first kappa shape index (κ1) is 16.9. The van der Waals surface area contributed by atoms with Crippen molar-refractivity contribution in [3.05, 3.63) is 11.6 Å². The van der Waals surface area contributed by atoms with Gasteiger partial charge in [0, 0.05) is 45.7 Å². The lowest BCUT2D eigenvalue weighted by atomic mass is 9.89. The Hall–Kier alpha value is -0.980. The Morgan fingerprint density at radius 2 is 1.70 bits per heavy atom. The second-order valence-electron chi connectivity index (χ2n) is 8.27. The Morgan fingerprint density at radius 1 is 1.09 bits per heavy atom. The van der Waals surface area contributed by atoms with Crippen molar-refractivity contribution in [1.82, 2.24) is 24.6 Å². The van der Waals surface area contributed by atoms with Crippen molar-refractivity contribution in [1.29, 1.82) is 0 Å². The van der Waals surface area contributed by atoms with Crippen molar-refractivity contribution in [2.24, 2.45) is 12.5 Å². The highest BCUT2D eigenvalue weighted by molar-refractivity contribution is 5.07.